The Hall–Kier alpha value is -2.84. The van der Waals surface area contributed by atoms with E-state index < -0.39 is 5.92 Å². The molecule has 0 aliphatic carbocycles. The minimum Gasteiger partial charge on any atom is -0.497 e. The third kappa shape index (κ3) is 3.33. The van der Waals surface area contributed by atoms with Gasteiger partial charge in [-0.15, -0.1) is 0 Å². The summed E-state index contributed by atoms with van der Waals surface area (Å²) in [5, 5.41) is 26.3. The number of hydrogen-bond donors (Lipinski definition) is 0. The van der Waals surface area contributed by atoms with Gasteiger partial charge in [0.2, 0.25) is 0 Å². The lowest BCUT2D eigenvalue weighted by atomic mass is 10.0. The van der Waals surface area contributed by atoms with Crippen LogP contribution in [0.1, 0.15) is 6.42 Å². The van der Waals surface area contributed by atoms with Crippen molar-refractivity contribution >= 4 is 11.4 Å². The van der Waals surface area contributed by atoms with Gasteiger partial charge in [0, 0.05) is 0 Å². The van der Waals surface area contributed by atoms with Crippen molar-refractivity contribution in [2.45, 2.75) is 6.42 Å². The summed E-state index contributed by atoms with van der Waals surface area (Å²) in [6.45, 7) is 0. The highest BCUT2D eigenvalue weighted by Gasteiger charge is 2.14. The number of benzene rings is 1. The Balaban J connectivity index is 3.05. The highest BCUT2D eigenvalue weighted by atomic mass is 16.5. The lowest BCUT2D eigenvalue weighted by molar-refractivity contribution is 0.415. The first kappa shape index (κ1) is 13.2. The van der Waals surface area contributed by atoms with Crippen LogP contribution in [-0.2, 0) is 0 Å². The zero-order chi connectivity index (χ0) is 13.4. The fourth-order valence-corrected chi connectivity index (χ4v) is 1.29. The summed E-state index contributed by atoms with van der Waals surface area (Å²) in [5.74, 6) is -0.306. The lowest BCUT2D eigenvalue weighted by Crippen LogP contribution is -2.09. The second kappa shape index (κ2) is 6.68. The van der Waals surface area contributed by atoms with Gasteiger partial charge in [0.1, 0.15) is 5.75 Å². The summed E-state index contributed by atoms with van der Waals surface area (Å²) in [4.78, 5) is 4.16. The Morgan fingerprint density at radius 2 is 1.83 bits per heavy atom. The molecule has 1 aromatic carbocycles. The maximum absolute atomic E-state index is 8.80. The zero-order valence-corrected chi connectivity index (χ0v) is 9.79. The molecule has 0 aliphatic heterocycles. The van der Waals surface area contributed by atoms with Gasteiger partial charge < -0.3 is 4.74 Å². The van der Waals surface area contributed by atoms with Crippen molar-refractivity contribution in [3.63, 3.8) is 0 Å². The van der Waals surface area contributed by atoms with E-state index >= 15 is 0 Å². The van der Waals surface area contributed by atoms with Gasteiger partial charge in [-0.3, -0.25) is 4.99 Å². The van der Waals surface area contributed by atoms with Crippen molar-refractivity contribution in [1.29, 1.82) is 15.8 Å². The maximum atomic E-state index is 8.80. The van der Waals surface area contributed by atoms with Gasteiger partial charge in [0.15, 0.2) is 5.92 Å². The first-order valence-electron chi connectivity index (χ1n) is 5.12. The van der Waals surface area contributed by atoms with E-state index in [9.17, 15) is 0 Å². The summed E-state index contributed by atoms with van der Waals surface area (Å²) in [6.07, 6.45) is -0.0438. The lowest BCUT2D eigenvalue weighted by Gasteiger charge is -2.03. The van der Waals surface area contributed by atoms with Crippen LogP contribution in [0.3, 0.4) is 0 Å². The van der Waals surface area contributed by atoms with Gasteiger partial charge in [-0.25, -0.2) is 0 Å². The Kier molecular flexibility index (Phi) is 4.91. The molecule has 88 valence electrons. The molecule has 0 spiro atoms. The van der Waals surface area contributed by atoms with Crippen molar-refractivity contribution < 1.29 is 4.74 Å². The van der Waals surface area contributed by atoms with Crippen LogP contribution in [0.4, 0.5) is 5.69 Å². The Morgan fingerprint density at radius 3 is 2.28 bits per heavy atom. The molecule has 1 aromatic rings. The maximum Gasteiger partial charge on any atom is 0.172 e. The van der Waals surface area contributed by atoms with Crippen LogP contribution in [0, 0.1) is 39.9 Å². The number of hydrogen-bond acceptors (Lipinski definition) is 5. The smallest absolute Gasteiger partial charge is 0.172 e. The van der Waals surface area contributed by atoms with E-state index in [-0.39, 0.29) is 12.1 Å². The Morgan fingerprint density at radius 1 is 1.22 bits per heavy atom. The normalized spacial score (nSPS) is 10.3. The minimum atomic E-state index is -0.994. The summed E-state index contributed by atoms with van der Waals surface area (Å²) >= 11 is 0. The molecule has 0 aliphatic rings. The van der Waals surface area contributed by atoms with Crippen molar-refractivity contribution in [1.82, 2.24) is 0 Å². The molecule has 0 N–H and O–H groups in total. The van der Waals surface area contributed by atoms with E-state index in [0.29, 0.717) is 11.4 Å². The molecule has 5 nitrogen and oxygen atoms in total. The second-order valence-electron chi connectivity index (χ2n) is 3.33. The monoisotopic (exact) mass is 238 g/mol. The van der Waals surface area contributed by atoms with E-state index in [2.05, 4.69) is 4.99 Å². The summed E-state index contributed by atoms with van der Waals surface area (Å²) in [7, 11) is 1.56. The number of ether oxygens (including phenoxy) is 1. The average Bonchev–Trinajstić information content (AvgIpc) is 2.41. The van der Waals surface area contributed by atoms with E-state index in [0.717, 1.165) is 0 Å². The van der Waals surface area contributed by atoms with Crippen molar-refractivity contribution in [3.05, 3.63) is 24.3 Å². The van der Waals surface area contributed by atoms with Gasteiger partial charge in [0.25, 0.3) is 0 Å². The number of methoxy groups -OCH3 is 1. The number of nitriles is 3. The van der Waals surface area contributed by atoms with Crippen LogP contribution < -0.4 is 4.74 Å². The van der Waals surface area contributed by atoms with Gasteiger partial charge in [-0.2, -0.15) is 15.8 Å². The first-order valence-corrected chi connectivity index (χ1v) is 5.12. The van der Waals surface area contributed by atoms with E-state index in [1.165, 1.54) is 0 Å². The predicted octanol–water partition coefficient (Wildman–Crippen LogP) is 2.34. The first-order chi connectivity index (χ1) is 8.74. The molecule has 0 bridgehead atoms. The predicted molar refractivity (Wildman–Crippen MR) is 65.0 cm³/mol. The van der Waals surface area contributed by atoms with E-state index in [1.54, 1.807) is 31.4 Å². The van der Waals surface area contributed by atoms with Gasteiger partial charge >= 0.3 is 0 Å². The highest BCUT2D eigenvalue weighted by molar-refractivity contribution is 5.94. The molecular weight excluding hydrogens is 228 g/mol. The second-order valence-corrected chi connectivity index (χ2v) is 3.33. The number of aliphatic imine (C=N–C) groups is 1. The zero-order valence-electron chi connectivity index (χ0n) is 9.79. The van der Waals surface area contributed by atoms with Crippen LogP contribution in [0.25, 0.3) is 0 Å². The van der Waals surface area contributed by atoms with Crippen molar-refractivity contribution in [2.75, 3.05) is 7.11 Å². The molecule has 1 rings (SSSR count). The average molecular weight is 238 g/mol. The minimum absolute atomic E-state index is 0.0438. The van der Waals surface area contributed by atoms with E-state index in [4.69, 9.17) is 20.5 Å². The van der Waals surface area contributed by atoms with Gasteiger partial charge in [0.05, 0.1) is 43.1 Å². The Bertz CT molecular complexity index is 541. The molecule has 5 heteroatoms. The molecule has 0 fully saturated rings. The third-order valence-electron chi connectivity index (χ3n) is 2.20. The van der Waals surface area contributed by atoms with Crippen molar-refractivity contribution in [3.8, 4) is 24.0 Å². The highest BCUT2D eigenvalue weighted by Crippen LogP contribution is 2.19. The molecular formula is C13H10N4O. The molecule has 0 heterocycles. The molecule has 0 aromatic heterocycles. The largest absolute Gasteiger partial charge is 0.497 e. The van der Waals surface area contributed by atoms with Gasteiger partial charge in [-0.05, 0) is 24.3 Å². The molecule has 0 unspecified atom stereocenters. The summed E-state index contributed by atoms with van der Waals surface area (Å²) in [6, 6.07) is 12.4. The summed E-state index contributed by atoms with van der Waals surface area (Å²) < 4.78 is 5.01. The quantitative estimate of drug-likeness (QED) is 0.752. The molecule has 0 radical (unpaired) electrons. The summed E-state index contributed by atoms with van der Waals surface area (Å²) in [5.41, 5.74) is 0.837. The molecule has 0 saturated heterocycles. The van der Waals surface area contributed by atoms with Crippen LogP contribution in [0.2, 0.25) is 0 Å². The van der Waals surface area contributed by atoms with Crippen LogP contribution in [-0.4, -0.2) is 12.8 Å². The van der Waals surface area contributed by atoms with Crippen LogP contribution >= 0.6 is 0 Å². The van der Waals surface area contributed by atoms with Crippen molar-refractivity contribution in [2.24, 2.45) is 10.9 Å². The third-order valence-corrected chi connectivity index (χ3v) is 2.20. The number of nitrogens with zero attached hydrogens (tertiary/aromatic N) is 4. The molecule has 0 saturated carbocycles. The SMILES string of the molecule is COc1ccc(N=C(CC#N)C(C#N)C#N)cc1. The standard InChI is InChI=1S/C13H10N4O/c1-18-12-4-2-11(3-5-12)17-13(6-7-14)10(8-15)9-16/h2-5,10H,6H2,1H3. The fourth-order valence-electron chi connectivity index (χ4n) is 1.29. The molecule has 0 atom stereocenters. The molecule has 18 heavy (non-hydrogen) atoms. The molecule has 0 amide bonds. The Labute approximate surface area is 105 Å². The topological polar surface area (TPSA) is 93.0 Å². The van der Waals surface area contributed by atoms with E-state index in [1.807, 2.05) is 18.2 Å². The van der Waals surface area contributed by atoms with Crippen LogP contribution in [0.15, 0.2) is 29.3 Å². The fraction of sp³-hybridized carbons (Fsp3) is 0.231. The number of rotatable bonds is 4. The van der Waals surface area contributed by atoms with Crippen LogP contribution in [0.5, 0.6) is 5.75 Å². The van der Waals surface area contributed by atoms with Gasteiger partial charge in [-0.1, -0.05) is 0 Å².